The fraction of sp³-hybridized carbons (Fsp3) is 0.464. The van der Waals surface area contributed by atoms with E-state index >= 15 is 0 Å². The molecular weight excluding hydrogens is 416 g/mol. The number of rotatable bonds is 6. The molecule has 2 aromatic carbocycles. The molecule has 33 heavy (non-hydrogen) atoms. The van der Waals surface area contributed by atoms with Crippen LogP contribution in [0.2, 0.25) is 0 Å². The maximum atomic E-state index is 10.9. The zero-order valence-corrected chi connectivity index (χ0v) is 18.6. The van der Waals surface area contributed by atoms with Crippen molar-refractivity contribution in [2.45, 2.75) is 50.0 Å². The molecule has 0 saturated heterocycles. The lowest BCUT2D eigenvalue weighted by molar-refractivity contribution is -0.255. The SMILES string of the molecule is O=C([O-])c1ccc(C#Cc2ccc(OCC(O)CO)c(C34CC5CC(CC(C5)C3)C4)c2)cc1. The Kier molecular flexibility index (Phi) is 5.90. The first-order valence-electron chi connectivity index (χ1n) is 11.8. The topological polar surface area (TPSA) is 89.8 Å². The van der Waals surface area contributed by atoms with E-state index in [-0.39, 0.29) is 24.2 Å². The zero-order chi connectivity index (χ0) is 23.0. The van der Waals surface area contributed by atoms with Gasteiger partial charge in [-0.05, 0) is 97.6 Å². The largest absolute Gasteiger partial charge is 0.545 e. The Morgan fingerprint density at radius 1 is 1.00 bits per heavy atom. The van der Waals surface area contributed by atoms with Crippen molar-refractivity contribution in [3.8, 4) is 17.6 Å². The normalized spacial score (nSPS) is 28.1. The third-order valence-corrected chi connectivity index (χ3v) is 7.70. The molecule has 4 fully saturated rings. The van der Waals surface area contributed by atoms with E-state index in [2.05, 4.69) is 17.9 Å². The van der Waals surface area contributed by atoms with Crippen LogP contribution in [0.3, 0.4) is 0 Å². The number of aliphatic hydroxyl groups excluding tert-OH is 2. The first-order valence-corrected chi connectivity index (χ1v) is 11.8. The smallest absolute Gasteiger partial charge is 0.123 e. The number of hydrogen-bond acceptors (Lipinski definition) is 5. The van der Waals surface area contributed by atoms with Crippen molar-refractivity contribution in [1.82, 2.24) is 0 Å². The Morgan fingerprint density at radius 2 is 1.58 bits per heavy atom. The second-order valence-electron chi connectivity index (χ2n) is 10.2. The first-order chi connectivity index (χ1) is 15.9. The van der Waals surface area contributed by atoms with E-state index in [4.69, 9.17) is 4.74 Å². The fourth-order valence-corrected chi connectivity index (χ4v) is 6.66. The maximum absolute atomic E-state index is 10.9. The molecule has 4 saturated carbocycles. The molecule has 0 amide bonds. The highest BCUT2D eigenvalue weighted by Crippen LogP contribution is 2.61. The summed E-state index contributed by atoms with van der Waals surface area (Å²) in [6, 6.07) is 12.4. The molecule has 0 spiro atoms. The number of carbonyl (C=O) groups is 1. The highest BCUT2D eigenvalue weighted by atomic mass is 16.5. The summed E-state index contributed by atoms with van der Waals surface area (Å²) in [5.74, 6) is 8.29. The molecule has 6 rings (SSSR count). The fourth-order valence-electron chi connectivity index (χ4n) is 6.66. The van der Waals surface area contributed by atoms with E-state index < -0.39 is 12.1 Å². The van der Waals surface area contributed by atoms with E-state index in [1.807, 2.05) is 12.1 Å². The molecule has 1 unspecified atom stereocenters. The van der Waals surface area contributed by atoms with Crippen molar-refractivity contribution in [3.63, 3.8) is 0 Å². The lowest BCUT2D eigenvalue weighted by atomic mass is 9.48. The average Bonchev–Trinajstić information content (AvgIpc) is 2.80. The Labute approximate surface area is 194 Å². The molecule has 2 aromatic rings. The van der Waals surface area contributed by atoms with Crippen LogP contribution in [0.4, 0.5) is 0 Å². The van der Waals surface area contributed by atoms with Crippen molar-refractivity contribution in [3.05, 3.63) is 64.7 Å². The third kappa shape index (κ3) is 4.51. The summed E-state index contributed by atoms with van der Waals surface area (Å²) in [5.41, 5.74) is 3.05. The second kappa shape index (κ2) is 8.85. The molecule has 0 aliphatic heterocycles. The van der Waals surface area contributed by atoms with E-state index in [1.165, 1.54) is 56.2 Å². The molecule has 5 nitrogen and oxygen atoms in total. The van der Waals surface area contributed by atoms with Crippen LogP contribution in [0.15, 0.2) is 42.5 Å². The number of ether oxygens (including phenoxy) is 1. The lowest BCUT2D eigenvalue weighted by Gasteiger charge is -2.57. The summed E-state index contributed by atoms with van der Waals surface area (Å²) < 4.78 is 6.01. The van der Waals surface area contributed by atoms with Crippen LogP contribution in [0.25, 0.3) is 0 Å². The maximum Gasteiger partial charge on any atom is 0.123 e. The van der Waals surface area contributed by atoms with E-state index in [0.29, 0.717) is 0 Å². The molecule has 1 atom stereocenters. The summed E-state index contributed by atoms with van der Waals surface area (Å²) in [7, 11) is 0. The van der Waals surface area contributed by atoms with Gasteiger partial charge in [-0.2, -0.15) is 0 Å². The van der Waals surface area contributed by atoms with Gasteiger partial charge in [-0.25, -0.2) is 0 Å². The highest BCUT2D eigenvalue weighted by molar-refractivity contribution is 5.85. The Morgan fingerprint density at radius 3 is 2.15 bits per heavy atom. The summed E-state index contributed by atoms with van der Waals surface area (Å²) in [6.45, 7) is -0.265. The van der Waals surface area contributed by atoms with Gasteiger partial charge in [0.25, 0.3) is 0 Å². The minimum Gasteiger partial charge on any atom is -0.545 e. The molecule has 5 heteroatoms. The Balaban J connectivity index is 1.47. The summed E-state index contributed by atoms with van der Waals surface area (Å²) >= 11 is 0. The number of carboxylic acid groups (broad SMARTS) is 1. The molecule has 172 valence electrons. The van der Waals surface area contributed by atoms with Crippen molar-refractivity contribution in [2.75, 3.05) is 13.2 Å². The number of aliphatic hydroxyl groups is 2. The quantitative estimate of drug-likeness (QED) is 0.668. The van der Waals surface area contributed by atoms with Gasteiger partial charge in [0.1, 0.15) is 18.5 Å². The Bertz CT molecular complexity index is 1060. The van der Waals surface area contributed by atoms with Crippen molar-refractivity contribution in [2.24, 2.45) is 17.8 Å². The van der Waals surface area contributed by atoms with Gasteiger partial charge in [-0.3, -0.25) is 0 Å². The second-order valence-corrected chi connectivity index (χ2v) is 10.2. The molecular formula is C28H29O5-. The van der Waals surface area contributed by atoms with Crippen LogP contribution < -0.4 is 9.84 Å². The van der Waals surface area contributed by atoms with Gasteiger partial charge in [0, 0.05) is 16.7 Å². The van der Waals surface area contributed by atoms with Gasteiger partial charge in [-0.1, -0.05) is 24.0 Å². The molecule has 0 aromatic heterocycles. The van der Waals surface area contributed by atoms with Crippen molar-refractivity contribution >= 4 is 5.97 Å². The summed E-state index contributed by atoms with van der Waals surface area (Å²) in [5, 5.41) is 30.0. The highest BCUT2D eigenvalue weighted by Gasteiger charge is 2.52. The molecule has 4 aliphatic rings. The molecule has 0 radical (unpaired) electrons. The lowest BCUT2D eigenvalue weighted by Crippen LogP contribution is -2.48. The number of aromatic carboxylic acids is 1. The molecule has 4 aliphatic carbocycles. The summed E-state index contributed by atoms with van der Waals surface area (Å²) in [6.07, 6.45) is 6.68. The van der Waals surface area contributed by atoms with Crippen LogP contribution in [-0.2, 0) is 5.41 Å². The van der Waals surface area contributed by atoms with Crippen LogP contribution >= 0.6 is 0 Å². The minimum absolute atomic E-state index is 0.0612. The van der Waals surface area contributed by atoms with Crippen LogP contribution in [0, 0.1) is 29.6 Å². The standard InChI is InChI=1S/C28H30O5/c29-16-24(30)17-33-26-8-5-19(2-1-18-3-6-23(7-4-18)27(31)32)12-25(26)28-13-20-9-21(14-28)11-22(10-20)15-28/h3-8,12,20-22,24,29-30H,9-11,13-17H2,(H,31,32)/p-1. The predicted molar refractivity (Wildman–Crippen MR) is 122 cm³/mol. The van der Waals surface area contributed by atoms with Crippen LogP contribution in [-0.4, -0.2) is 35.5 Å². The monoisotopic (exact) mass is 445 g/mol. The first kappa shape index (κ1) is 22.0. The van der Waals surface area contributed by atoms with Crippen LogP contribution in [0.5, 0.6) is 5.75 Å². The van der Waals surface area contributed by atoms with Gasteiger partial charge >= 0.3 is 0 Å². The van der Waals surface area contributed by atoms with Gasteiger partial charge < -0.3 is 24.9 Å². The van der Waals surface area contributed by atoms with Crippen molar-refractivity contribution < 1.29 is 24.9 Å². The van der Waals surface area contributed by atoms with E-state index in [9.17, 15) is 20.1 Å². The predicted octanol–water partition coefficient (Wildman–Crippen LogP) is 2.65. The van der Waals surface area contributed by atoms with Gasteiger partial charge in [-0.15, -0.1) is 0 Å². The molecule has 0 heterocycles. The zero-order valence-electron chi connectivity index (χ0n) is 18.6. The number of carboxylic acids is 1. The third-order valence-electron chi connectivity index (χ3n) is 7.70. The molecule has 4 bridgehead atoms. The van der Waals surface area contributed by atoms with Gasteiger partial charge in [0.2, 0.25) is 0 Å². The molecule has 2 N–H and O–H groups in total. The summed E-state index contributed by atoms with van der Waals surface area (Å²) in [4.78, 5) is 10.9. The van der Waals surface area contributed by atoms with Gasteiger partial charge in [0.05, 0.1) is 12.6 Å². The average molecular weight is 446 g/mol. The number of carbonyl (C=O) groups excluding carboxylic acids is 1. The van der Waals surface area contributed by atoms with Gasteiger partial charge in [0.15, 0.2) is 0 Å². The van der Waals surface area contributed by atoms with E-state index in [1.54, 1.807) is 12.1 Å². The number of hydrogen-bond donors (Lipinski definition) is 2. The minimum atomic E-state index is -1.20. The van der Waals surface area contributed by atoms with Crippen molar-refractivity contribution in [1.29, 1.82) is 0 Å². The van der Waals surface area contributed by atoms with Crippen LogP contribution in [0.1, 0.15) is 65.6 Å². The number of benzene rings is 2. The van der Waals surface area contributed by atoms with E-state index in [0.717, 1.165) is 34.6 Å². The Hall–Kier alpha value is -2.81.